The van der Waals surface area contributed by atoms with Crippen LogP contribution >= 0.6 is 23.2 Å². The molecule has 1 heterocycles. The standard InChI is InChI=1S/C15H15Cl2N3O2/c1-2-7-20-14(21)6-5-13(19-20)15(22)18-9-10-3-4-11(16)8-12(10)17/h3-6,8H,2,7,9H2,1H3,(H,18,22). The first-order chi connectivity index (χ1) is 10.5. The molecule has 1 amide bonds. The molecule has 1 N–H and O–H groups in total. The van der Waals surface area contributed by atoms with Gasteiger partial charge in [0.1, 0.15) is 5.69 Å². The third-order valence-corrected chi connectivity index (χ3v) is 3.58. The summed E-state index contributed by atoms with van der Waals surface area (Å²) in [6.07, 6.45) is 0.762. The number of benzene rings is 1. The van der Waals surface area contributed by atoms with Gasteiger partial charge in [0.05, 0.1) is 0 Å². The molecule has 0 aliphatic heterocycles. The lowest BCUT2D eigenvalue weighted by Crippen LogP contribution is -2.29. The van der Waals surface area contributed by atoms with E-state index in [1.807, 2.05) is 6.92 Å². The quantitative estimate of drug-likeness (QED) is 0.910. The second-order valence-corrected chi connectivity index (χ2v) is 5.54. The van der Waals surface area contributed by atoms with Crippen LogP contribution in [0.25, 0.3) is 0 Å². The van der Waals surface area contributed by atoms with Gasteiger partial charge in [-0.15, -0.1) is 0 Å². The SMILES string of the molecule is CCCn1nc(C(=O)NCc2ccc(Cl)cc2Cl)ccc1=O. The van der Waals surface area contributed by atoms with Crippen LogP contribution < -0.4 is 10.9 Å². The molecule has 0 unspecified atom stereocenters. The van der Waals surface area contributed by atoms with Gasteiger partial charge in [-0.05, 0) is 30.2 Å². The fourth-order valence-corrected chi connectivity index (χ4v) is 2.35. The van der Waals surface area contributed by atoms with Crippen molar-refractivity contribution in [2.75, 3.05) is 0 Å². The van der Waals surface area contributed by atoms with Gasteiger partial charge in [-0.1, -0.05) is 36.2 Å². The number of halogens is 2. The number of rotatable bonds is 5. The molecule has 0 atom stereocenters. The first kappa shape index (κ1) is 16.5. The van der Waals surface area contributed by atoms with E-state index >= 15 is 0 Å². The molecule has 1 aromatic carbocycles. The van der Waals surface area contributed by atoms with Gasteiger partial charge in [0.2, 0.25) is 0 Å². The molecule has 0 fully saturated rings. The maximum absolute atomic E-state index is 12.1. The number of hydrogen-bond donors (Lipinski definition) is 1. The van der Waals surface area contributed by atoms with Gasteiger partial charge in [-0.25, -0.2) is 4.68 Å². The Hall–Kier alpha value is -1.85. The van der Waals surface area contributed by atoms with Crippen LogP contribution in [0.4, 0.5) is 0 Å². The van der Waals surface area contributed by atoms with Gasteiger partial charge in [-0.3, -0.25) is 9.59 Å². The van der Waals surface area contributed by atoms with E-state index in [4.69, 9.17) is 23.2 Å². The van der Waals surface area contributed by atoms with E-state index in [-0.39, 0.29) is 23.7 Å². The third kappa shape index (κ3) is 4.08. The molecule has 5 nitrogen and oxygen atoms in total. The van der Waals surface area contributed by atoms with Crippen molar-refractivity contribution in [2.45, 2.75) is 26.4 Å². The summed E-state index contributed by atoms with van der Waals surface area (Å²) in [5, 5.41) is 7.79. The van der Waals surface area contributed by atoms with Crippen molar-refractivity contribution in [3.05, 3.63) is 62.0 Å². The fourth-order valence-electron chi connectivity index (χ4n) is 1.87. The van der Waals surface area contributed by atoms with Crippen LogP contribution in [0, 0.1) is 0 Å². The average Bonchev–Trinajstić information content (AvgIpc) is 2.48. The molecule has 0 spiro atoms. The number of carbonyl (C=O) groups is 1. The Morgan fingerprint density at radius 3 is 2.73 bits per heavy atom. The molecule has 1 aromatic heterocycles. The Morgan fingerprint density at radius 1 is 1.27 bits per heavy atom. The molecule has 0 aliphatic rings. The number of aromatic nitrogens is 2. The summed E-state index contributed by atoms with van der Waals surface area (Å²) in [6.45, 7) is 2.66. The van der Waals surface area contributed by atoms with Gasteiger partial charge < -0.3 is 5.32 Å². The monoisotopic (exact) mass is 339 g/mol. The Bertz CT molecular complexity index is 744. The van der Waals surface area contributed by atoms with Crippen LogP contribution in [-0.4, -0.2) is 15.7 Å². The van der Waals surface area contributed by atoms with Crippen molar-refractivity contribution < 1.29 is 4.79 Å². The summed E-state index contributed by atoms with van der Waals surface area (Å²) in [7, 11) is 0. The van der Waals surface area contributed by atoms with Crippen LogP contribution in [0.15, 0.2) is 35.1 Å². The molecule has 0 aliphatic carbocycles. The molecule has 7 heteroatoms. The maximum atomic E-state index is 12.1. The van der Waals surface area contributed by atoms with Crippen molar-refractivity contribution in [2.24, 2.45) is 0 Å². The van der Waals surface area contributed by atoms with E-state index in [2.05, 4.69) is 10.4 Å². The molecule has 0 saturated heterocycles. The topological polar surface area (TPSA) is 64.0 Å². The smallest absolute Gasteiger partial charge is 0.271 e. The predicted octanol–water partition coefficient (Wildman–Crippen LogP) is 2.89. The van der Waals surface area contributed by atoms with E-state index in [9.17, 15) is 9.59 Å². The molecular formula is C15H15Cl2N3O2. The first-order valence-corrected chi connectivity index (χ1v) is 7.57. The van der Waals surface area contributed by atoms with Gasteiger partial charge >= 0.3 is 0 Å². The Kier molecular flexibility index (Phi) is 5.57. The minimum absolute atomic E-state index is 0.193. The van der Waals surface area contributed by atoms with Crippen LogP contribution in [0.2, 0.25) is 10.0 Å². The van der Waals surface area contributed by atoms with E-state index in [1.54, 1.807) is 18.2 Å². The number of hydrogen-bond acceptors (Lipinski definition) is 3. The Balaban J connectivity index is 2.09. The molecule has 22 heavy (non-hydrogen) atoms. The highest BCUT2D eigenvalue weighted by molar-refractivity contribution is 6.35. The zero-order valence-electron chi connectivity index (χ0n) is 12.0. The fraction of sp³-hybridized carbons (Fsp3) is 0.267. The summed E-state index contributed by atoms with van der Waals surface area (Å²) in [4.78, 5) is 23.7. The molecule has 116 valence electrons. The van der Waals surface area contributed by atoms with Crippen molar-refractivity contribution in [1.29, 1.82) is 0 Å². The van der Waals surface area contributed by atoms with E-state index < -0.39 is 0 Å². The van der Waals surface area contributed by atoms with E-state index in [0.29, 0.717) is 16.6 Å². The highest BCUT2D eigenvalue weighted by Crippen LogP contribution is 2.20. The summed E-state index contributed by atoms with van der Waals surface area (Å²) in [5.41, 5.74) is 0.721. The molecule has 2 aromatic rings. The number of nitrogens with zero attached hydrogens (tertiary/aromatic N) is 2. The van der Waals surface area contributed by atoms with Crippen molar-refractivity contribution in [1.82, 2.24) is 15.1 Å². The lowest BCUT2D eigenvalue weighted by molar-refractivity contribution is 0.0943. The molecule has 2 rings (SSSR count). The van der Waals surface area contributed by atoms with Crippen LogP contribution in [0.1, 0.15) is 29.4 Å². The summed E-state index contributed by atoms with van der Waals surface area (Å²) >= 11 is 11.9. The number of aryl methyl sites for hydroxylation is 1. The second-order valence-electron chi connectivity index (χ2n) is 4.70. The van der Waals surface area contributed by atoms with Gasteiger partial charge in [0.15, 0.2) is 0 Å². The highest BCUT2D eigenvalue weighted by Gasteiger charge is 2.10. The van der Waals surface area contributed by atoms with E-state index in [1.165, 1.54) is 16.8 Å². The number of carbonyl (C=O) groups excluding carboxylic acids is 1. The summed E-state index contributed by atoms with van der Waals surface area (Å²) in [6, 6.07) is 7.81. The summed E-state index contributed by atoms with van der Waals surface area (Å²) in [5.74, 6) is -0.365. The predicted molar refractivity (Wildman–Crippen MR) is 86.4 cm³/mol. The molecule has 0 radical (unpaired) electrons. The highest BCUT2D eigenvalue weighted by atomic mass is 35.5. The van der Waals surface area contributed by atoms with Crippen LogP contribution in [0.3, 0.4) is 0 Å². The Labute approximate surface area is 137 Å². The average molecular weight is 340 g/mol. The number of amides is 1. The van der Waals surface area contributed by atoms with E-state index in [0.717, 1.165) is 12.0 Å². The third-order valence-electron chi connectivity index (χ3n) is 2.99. The second kappa shape index (κ2) is 7.42. The Morgan fingerprint density at radius 2 is 2.05 bits per heavy atom. The van der Waals surface area contributed by atoms with Crippen LogP contribution in [-0.2, 0) is 13.1 Å². The minimum Gasteiger partial charge on any atom is -0.347 e. The van der Waals surface area contributed by atoms with Crippen LogP contribution in [0.5, 0.6) is 0 Å². The summed E-state index contributed by atoms with van der Waals surface area (Å²) < 4.78 is 1.28. The number of nitrogens with one attached hydrogen (secondary N) is 1. The maximum Gasteiger partial charge on any atom is 0.271 e. The minimum atomic E-state index is -0.365. The largest absolute Gasteiger partial charge is 0.347 e. The zero-order chi connectivity index (χ0) is 16.1. The molecular weight excluding hydrogens is 325 g/mol. The molecule has 0 saturated carbocycles. The van der Waals surface area contributed by atoms with Crippen molar-refractivity contribution in [3.8, 4) is 0 Å². The zero-order valence-corrected chi connectivity index (χ0v) is 13.5. The van der Waals surface area contributed by atoms with Crippen molar-refractivity contribution >= 4 is 29.1 Å². The van der Waals surface area contributed by atoms with Gasteiger partial charge in [-0.2, -0.15) is 5.10 Å². The van der Waals surface area contributed by atoms with Crippen molar-refractivity contribution in [3.63, 3.8) is 0 Å². The van der Waals surface area contributed by atoms with Gasteiger partial charge in [0.25, 0.3) is 11.5 Å². The van der Waals surface area contributed by atoms with Gasteiger partial charge in [0, 0.05) is 29.2 Å². The lowest BCUT2D eigenvalue weighted by atomic mass is 10.2. The lowest BCUT2D eigenvalue weighted by Gasteiger charge is -2.08. The molecule has 0 bridgehead atoms. The normalized spacial score (nSPS) is 10.5. The first-order valence-electron chi connectivity index (χ1n) is 6.81.